The molecule has 2 aromatic heterocycles. The van der Waals surface area contributed by atoms with E-state index in [0.29, 0.717) is 23.9 Å². The summed E-state index contributed by atoms with van der Waals surface area (Å²) in [5.74, 6) is 0.310. The van der Waals surface area contributed by atoms with Crippen molar-refractivity contribution in [3.63, 3.8) is 0 Å². The molecule has 102 valence electrons. The number of halogens is 1. The van der Waals surface area contributed by atoms with E-state index in [1.54, 1.807) is 17.1 Å². The summed E-state index contributed by atoms with van der Waals surface area (Å²) in [6, 6.07) is 0. The number of carbonyl (C=O) groups is 1. The van der Waals surface area contributed by atoms with Crippen LogP contribution in [0.25, 0.3) is 0 Å². The zero-order valence-electron chi connectivity index (χ0n) is 10.2. The van der Waals surface area contributed by atoms with Crippen LogP contribution in [0, 0.1) is 6.92 Å². The fourth-order valence-corrected chi connectivity index (χ4v) is 3.09. The summed E-state index contributed by atoms with van der Waals surface area (Å²) in [5.41, 5.74) is 0. The Morgan fingerprint density at radius 2 is 2.42 bits per heavy atom. The first kappa shape index (κ1) is 14.3. The molecular weight excluding hydrogens is 306 g/mol. The maximum absolute atomic E-state index is 11.6. The predicted molar refractivity (Wildman–Crippen MR) is 75.6 cm³/mol. The van der Waals surface area contributed by atoms with Crippen molar-refractivity contribution in [2.75, 3.05) is 12.3 Å². The second-order valence-electron chi connectivity index (χ2n) is 3.65. The molecule has 6 nitrogen and oxygen atoms in total. The van der Waals surface area contributed by atoms with Gasteiger partial charge >= 0.3 is 0 Å². The molecule has 1 amide bonds. The van der Waals surface area contributed by atoms with Crippen LogP contribution in [-0.4, -0.2) is 38.2 Å². The Morgan fingerprint density at radius 1 is 1.58 bits per heavy atom. The molecule has 2 aromatic rings. The van der Waals surface area contributed by atoms with Crippen molar-refractivity contribution >= 4 is 40.6 Å². The highest BCUT2D eigenvalue weighted by Crippen LogP contribution is 2.21. The number of hydrogen-bond acceptors (Lipinski definition) is 6. The number of thioether (sulfide) groups is 1. The van der Waals surface area contributed by atoms with Gasteiger partial charge in [-0.25, -0.2) is 0 Å². The maximum Gasteiger partial charge on any atom is 0.230 e. The van der Waals surface area contributed by atoms with Crippen LogP contribution in [-0.2, 0) is 11.3 Å². The average molecular weight is 318 g/mol. The lowest BCUT2D eigenvalue weighted by molar-refractivity contribution is -0.118. The standard InChI is InChI=1S/C10H12ClN5OS2/c1-7-14-15-10(19-7)18-6-9(17)12-2-3-16-5-8(11)4-13-16/h4-5H,2-3,6H2,1H3,(H,12,17). The highest BCUT2D eigenvalue weighted by Gasteiger charge is 2.06. The Morgan fingerprint density at radius 3 is 3.05 bits per heavy atom. The molecule has 9 heteroatoms. The number of amides is 1. The lowest BCUT2D eigenvalue weighted by Gasteiger charge is -2.04. The van der Waals surface area contributed by atoms with E-state index in [9.17, 15) is 4.79 Å². The smallest absolute Gasteiger partial charge is 0.230 e. The van der Waals surface area contributed by atoms with Crippen molar-refractivity contribution in [2.45, 2.75) is 17.8 Å². The minimum atomic E-state index is -0.0314. The van der Waals surface area contributed by atoms with E-state index in [4.69, 9.17) is 11.6 Å². The van der Waals surface area contributed by atoms with Crippen molar-refractivity contribution in [1.29, 1.82) is 0 Å². The van der Waals surface area contributed by atoms with Gasteiger partial charge in [0.05, 0.1) is 23.5 Å². The fourth-order valence-electron chi connectivity index (χ4n) is 1.29. The molecule has 0 radical (unpaired) electrons. The van der Waals surface area contributed by atoms with Gasteiger partial charge in [-0.3, -0.25) is 9.48 Å². The van der Waals surface area contributed by atoms with Crippen LogP contribution < -0.4 is 5.32 Å². The van der Waals surface area contributed by atoms with Crippen LogP contribution >= 0.6 is 34.7 Å². The van der Waals surface area contributed by atoms with Crippen molar-refractivity contribution < 1.29 is 4.79 Å². The van der Waals surface area contributed by atoms with E-state index in [0.717, 1.165) is 9.35 Å². The van der Waals surface area contributed by atoms with Gasteiger partial charge in [-0.1, -0.05) is 34.7 Å². The Bertz CT molecular complexity index is 556. The second-order valence-corrected chi connectivity index (χ2v) is 6.49. The first-order valence-corrected chi connectivity index (χ1v) is 7.69. The number of hydrogen-bond donors (Lipinski definition) is 1. The molecule has 0 fully saturated rings. The Labute approximate surface area is 123 Å². The average Bonchev–Trinajstić information content (AvgIpc) is 2.96. The normalized spacial score (nSPS) is 10.6. The topological polar surface area (TPSA) is 72.7 Å². The second kappa shape index (κ2) is 6.88. The summed E-state index contributed by atoms with van der Waals surface area (Å²) in [6.45, 7) is 3.00. The first-order valence-electron chi connectivity index (χ1n) is 5.51. The molecule has 2 heterocycles. The molecule has 0 spiro atoms. The predicted octanol–water partition coefficient (Wildman–Crippen LogP) is 1.60. The molecule has 0 aliphatic carbocycles. The molecule has 2 rings (SSSR count). The lowest BCUT2D eigenvalue weighted by Crippen LogP contribution is -2.28. The van der Waals surface area contributed by atoms with Gasteiger partial charge in [-0.05, 0) is 6.92 Å². The van der Waals surface area contributed by atoms with E-state index in [1.807, 2.05) is 6.92 Å². The minimum Gasteiger partial charge on any atom is -0.354 e. The van der Waals surface area contributed by atoms with Gasteiger partial charge in [0.2, 0.25) is 5.91 Å². The molecule has 0 bridgehead atoms. The zero-order valence-corrected chi connectivity index (χ0v) is 12.6. The largest absolute Gasteiger partial charge is 0.354 e. The molecule has 0 saturated carbocycles. The van der Waals surface area contributed by atoms with Gasteiger partial charge in [0, 0.05) is 12.7 Å². The molecule has 0 saturated heterocycles. The Hall–Kier alpha value is -1.12. The van der Waals surface area contributed by atoms with Crippen molar-refractivity contribution in [3.05, 3.63) is 22.4 Å². The quantitative estimate of drug-likeness (QED) is 0.819. The maximum atomic E-state index is 11.6. The van der Waals surface area contributed by atoms with E-state index >= 15 is 0 Å². The number of carbonyl (C=O) groups excluding carboxylic acids is 1. The van der Waals surface area contributed by atoms with Crippen molar-refractivity contribution in [3.8, 4) is 0 Å². The molecule has 0 unspecified atom stereocenters. The van der Waals surface area contributed by atoms with Gasteiger partial charge in [-0.15, -0.1) is 10.2 Å². The highest BCUT2D eigenvalue weighted by molar-refractivity contribution is 8.01. The highest BCUT2D eigenvalue weighted by atomic mass is 35.5. The fraction of sp³-hybridized carbons (Fsp3) is 0.400. The number of nitrogens with zero attached hydrogens (tertiary/aromatic N) is 4. The number of aromatic nitrogens is 4. The molecule has 19 heavy (non-hydrogen) atoms. The third-order valence-electron chi connectivity index (χ3n) is 2.10. The van der Waals surface area contributed by atoms with Crippen LogP contribution in [0.3, 0.4) is 0 Å². The minimum absolute atomic E-state index is 0.0314. The first-order chi connectivity index (χ1) is 9.13. The van der Waals surface area contributed by atoms with Gasteiger partial charge in [0.15, 0.2) is 4.34 Å². The summed E-state index contributed by atoms with van der Waals surface area (Å²) < 4.78 is 2.50. The number of aryl methyl sites for hydroxylation is 1. The third kappa shape index (κ3) is 4.81. The van der Waals surface area contributed by atoms with Crippen LogP contribution in [0.15, 0.2) is 16.7 Å². The summed E-state index contributed by atoms with van der Waals surface area (Å²) >= 11 is 8.61. The molecule has 0 aromatic carbocycles. The van der Waals surface area contributed by atoms with Gasteiger partial charge < -0.3 is 5.32 Å². The molecule has 0 aliphatic rings. The van der Waals surface area contributed by atoms with Crippen molar-refractivity contribution in [2.24, 2.45) is 0 Å². The van der Waals surface area contributed by atoms with Gasteiger partial charge in [0.1, 0.15) is 5.01 Å². The molecule has 0 atom stereocenters. The molecule has 0 aliphatic heterocycles. The number of nitrogens with one attached hydrogen (secondary N) is 1. The van der Waals surface area contributed by atoms with E-state index in [-0.39, 0.29) is 5.91 Å². The Balaban J connectivity index is 1.64. The number of rotatable bonds is 6. The summed E-state index contributed by atoms with van der Waals surface area (Å²) in [6.07, 6.45) is 3.28. The summed E-state index contributed by atoms with van der Waals surface area (Å²) in [4.78, 5) is 11.6. The SMILES string of the molecule is Cc1nnc(SCC(=O)NCCn2cc(Cl)cn2)s1. The van der Waals surface area contributed by atoms with Crippen LogP contribution in [0.2, 0.25) is 5.02 Å². The van der Waals surface area contributed by atoms with E-state index < -0.39 is 0 Å². The van der Waals surface area contributed by atoms with Crippen LogP contribution in [0.4, 0.5) is 0 Å². The van der Waals surface area contributed by atoms with Crippen LogP contribution in [0.5, 0.6) is 0 Å². The lowest BCUT2D eigenvalue weighted by atomic mass is 10.6. The monoisotopic (exact) mass is 317 g/mol. The third-order valence-corrected chi connectivity index (χ3v) is 4.27. The molecule has 1 N–H and O–H groups in total. The van der Waals surface area contributed by atoms with Gasteiger partial charge in [-0.2, -0.15) is 5.10 Å². The zero-order chi connectivity index (χ0) is 13.7. The molecular formula is C10H12ClN5OS2. The van der Waals surface area contributed by atoms with Crippen LogP contribution in [0.1, 0.15) is 5.01 Å². The van der Waals surface area contributed by atoms with E-state index in [2.05, 4.69) is 20.6 Å². The van der Waals surface area contributed by atoms with Crippen molar-refractivity contribution in [1.82, 2.24) is 25.3 Å². The summed E-state index contributed by atoms with van der Waals surface area (Å²) in [5, 5.41) is 16.2. The summed E-state index contributed by atoms with van der Waals surface area (Å²) in [7, 11) is 0. The Kier molecular flexibility index (Phi) is 5.17. The van der Waals surface area contributed by atoms with Gasteiger partial charge in [0.25, 0.3) is 0 Å². The van der Waals surface area contributed by atoms with E-state index in [1.165, 1.54) is 23.1 Å².